The molecule has 0 bridgehead atoms. The van der Waals surface area contributed by atoms with Crippen molar-refractivity contribution < 1.29 is 9.53 Å². The van der Waals surface area contributed by atoms with Gasteiger partial charge in [0, 0.05) is 16.2 Å². The van der Waals surface area contributed by atoms with E-state index in [1.165, 1.54) is 6.20 Å². The largest absolute Gasteiger partial charge is 0.462 e. The number of ether oxygens (including phenoxy) is 1. The fraction of sp³-hybridized carbons (Fsp3) is 0.214. The van der Waals surface area contributed by atoms with E-state index in [0.717, 1.165) is 10.0 Å². The number of hydrogen-bond donors (Lipinski definition) is 0. The highest BCUT2D eigenvalue weighted by Gasteiger charge is 2.15. The number of aromatic nitrogens is 2. The number of rotatable bonds is 4. The molecule has 6 heteroatoms. The predicted octanol–water partition coefficient (Wildman–Crippen LogP) is 3.82. The molecule has 0 radical (unpaired) electrons. The van der Waals surface area contributed by atoms with Crippen molar-refractivity contribution in [2.24, 2.45) is 0 Å². The summed E-state index contributed by atoms with van der Waals surface area (Å²) in [6.07, 6.45) is 1.46. The van der Waals surface area contributed by atoms with Gasteiger partial charge in [-0.3, -0.25) is 0 Å². The van der Waals surface area contributed by atoms with Crippen molar-refractivity contribution >= 4 is 33.5 Å². The van der Waals surface area contributed by atoms with Crippen LogP contribution in [-0.4, -0.2) is 22.5 Å². The van der Waals surface area contributed by atoms with Crippen LogP contribution in [-0.2, 0) is 10.6 Å². The predicted molar refractivity (Wildman–Crippen MR) is 80.7 cm³/mol. The summed E-state index contributed by atoms with van der Waals surface area (Å²) >= 11 is 9.23. The zero-order valence-corrected chi connectivity index (χ0v) is 13.1. The third kappa shape index (κ3) is 3.35. The standard InChI is InChI=1S/C14H12BrClN2O2/c1-2-20-14(19)11-8-17-13(18-12(11)7-16)9-3-5-10(15)6-4-9/h3-6,8H,2,7H2,1H3. The number of carbonyl (C=O) groups excluding carboxylic acids is 1. The molecule has 0 fully saturated rings. The van der Waals surface area contributed by atoms with Gasteiger partial charge in [0.25, 0.3) is 0 Å². The van der Waals surface area contributed by atoms with E-state index in [-0.39, 0.29) is 5.88 Å². The first-order chi connectivity index (χ1) is 9.65. The lowest BCUT2D eigenvalue weighted by atomic mass is 10.2. The molecule has 0 aliphatic rings. The van der Waals surface area contributed by atoms with Crippen molar-refractivity contribution in [3.8, 4) is 11.4 Å². The summed E-state index contributed by atoms with van der Waals surface area (Å²) in [7, 11) is 0. The summed E-state index contributed by atoms with van der Waals surface area (Å²) in [6, 6.07) is 7.58. The van der Waals surface area contributed by atoms with E-state index < -0.39 is 5.97 Å². The highest BCUT2D eigenvalue weighted by atomic mass is 79.9. The Labute approximate surface area is 130 Å². The van der Waals surface area contributed by atoms with Gasteiger partial charge in [-0.1, -0.05) is 28.1 Å². The molecule has 20 heavy (non-hydrogen) atoms. The van der Waals surface area contributed by atoms with E-state index in [0.29, 0.717) is 23.7 Å². The Morgan fingerprint density at radius 3 is 2.65 bits per heavy atom. The summed E-state index contributed by atoms with van der Waals surface area (Å²) in [5.41, 5.74) is 1.63. The Balaban J connectivity index is 2.38. The number of nitrogens with zero attached hydrogens (tertiary/aromatic N) is 2. The van der Waals surface area contributed by atoms with Gasteiger partial charge in [-0.15, -0.1) is 11.6 Å². The van der Waals surface area contributed by atoms with Gasteiger partial charge in [0.15, 0.2) is 5.82 Å². The second kappa shape index (κ2) is 6.81. The minimum Gasteiger partial charge on any atom is -0.462 e. The first kappa shape index (κ1) is 14.9. The molecule has 1 aromatic carbocycles. The summed E-state index contributed by atoms with van der Waals surface area (Å²) in [6.45, 7) is 2.05. The molecule has 0 spiro atoms. The van der Waals surface area contributed by atoms with Crippen LogP contribution in [0.4, 0.5) is 0 Å². The molecule has 104 valence electrons. The molecule has 0 saturated heterocycles. The van der Waals surface area contributed by atoms with Crippen molar-refractivity contribution in [3.05, 3.63) is 46.2 Å². The SMILES string of the molecule is CCOC(=O)c1cnc(-c2ccc(Br)cc2)nc1CCl. The zero-order chi connectivity index (χ0) is 14.5. The summed E-state index contributed by atoms with van der Waals surface area (Å²) < 4.78 is 5.92. The van der Waals surface area contributed by atoms with Crippen molar-refractivity contribution in [1.82, 2.24) is 9.97 Å². The molecule has 0 aliphatic heterocycles. The summed E-state index contributed by atoms with van der Waals surface area (Å²) in [5.74, 6) is 0.201. The van der Waals surface area contributed by atoms with Gasteiger partial charge in [0.1, 0.15) is 5.56 Å². The Morgan fingerprint density at radius 1 is 1.35 bits per heavy atom. The van der Waals surface area contributed by atoms with E-state index in [1.54, 1.807) is 6.92 Å². The minimum absolute atomic E-state index is 0.125. The van der Waals surface area contributed by atoms with E-state index in [1.807, 2.05) is 24.3 Å². The number of benzene rings is 1. The van der Waals surface area contributed by atoms with Crippen molar-refractivity contribution in [1.29, 1.82) is 0 Å². The van der Waals surface area contributed by atoms with Crippen molar-refractivity contribution in [3.63, 3.8) is 0 Å². The van der Waals surface area contributed by atoms with Crippen LogP contribution in [0.15, 0.2) is 34.9 Å². The quantitative estimate of drug-likeness (QED) is 0.618. The van der Waals surface area contributed by atoms with Gasteiger partial charge in [0.05, 0.1) is 18.2 Å². The Kier molecular flexibility index (Phi) is 5.09. The zero-order valence-electron chi connectivity index (χ0n) is 10.8. The van der Waals surface area contributed by atoms with Crippen LogP contribution in [0.3, 0.4) is 0 Å². The van der Waals surface area contributed by atoms with E-state index in [9.17, 15) is 4.79 Å². The molecule has 0 saturated carbocycles. The van der Waals surface area contributed by atoms with Crippen LogP contribution in [0.25, 0.3) is 11.4 Å². The number of hydrogen-bond acceptors (Lipinski definition) is 4. The highest BCUT2D eigenvalue weighted by Crippen LogP contribution is 2.20. The maximum atomic E-state index is 11.7. The van der Waals surface area contributed by atoms with Crippen LogP contribution in [0.5, 0.6) is 0 Å². The summed E-state index contributed by atoms with van der Waals surface area (Å²) in [5, 5.41) is 0. The number of halogens is 2. The van der Waals surface area contributed by atoms with E-state index >= 15 is 0 Å². The Morgan fingerprint density at radius 2 is 2.05 bits per heavy atom. The third-order valence-electron chi connectivity index (χ3n) is 2.59. The smallest absolute Gasteiger partial charge is 0.341 e. The van der Waals surface area contributed by atoms with Gasteiger partial charge in [-0.25, -0.2) is 14.8 Å². The highest BCUT2D eigenvalue weighted by molar-refractivity contribution is 9.10. The van der Waals surface area contributed by atoms with Crippen molar-refractivity contribution in [2.75, 3.05) is 6.61 Å². The van der Waals surface area contributed by atoms with Crippen LogP contribution in [0.2, 0.25) is 0 Å². The normalized spacial score (nSPS) is 10.3. The van der Waals surface area contributed by atoms with Crippen LogP contribution in [0.1, 0.15) is 23.0 Å². The second-order valence-electron chi connectivity index (χ2n) is 3.91. The monoisotopic (exact) mass is 354 g/mol. The van der Waals surface area contributed by atoms with E-state index in [4.69, 9.17) is 16.3 Å². The molecule has 0 aliphatic carbocycles. The molecule has 0 unspecified atom stereocenters. The molecule has 0 atom stereocenters. The molecule has 0 N–H and O–H groups in total. The minimum atomic E-state index is -0.453. The first-order valence-corrected chi connectivity index (χ1v) is 7.33. The molecule has 2 aromatic rings. The van der Waals surface area contributed by atoms with Gasteiger partial charge in [-0.2, -0.15) is 0 Å². The molecule has 2 rings (SSSR count). The lowest BCUT2D eigenvalue weighted by Crippen LogP contribution is -2.10. The van der Waals surface area contributed by atoms with Gasteiger partial charge < -0.3 is 4.74 Å². The molecular formula is C14H12BrClN2O2. The average molecular weight is 356 g/mol. The lowest BCUT2D eigenvalue weighted by molar-refractivity contribution is 0.0524. The number of carbonyl (C=O) groups is 1. The van der Waals surface area contributed by atoms with Crippen LogP contribution in [0, 0.1) is 0 Å². The van der Waals surface area contributed by atoms with Crippen LogP contribution < -0.4 is 0 Å². The fourth-order valence-corrected chi connectivity index (χ4v) is 2.10. The lowest BCUT2D eigenvalue weighted by Gasteiger charge is -2.07. The second-order valence-corrected chi connectivity index (χ2v) is 5.10. The topological polar surface area (TPSA) is 52.1 Å². The fourth-order valence-electron chi connectivity index (χ4n) is 1.64. The van der Waals surface area contributed by atoms with Crippen LogP contribution >= 0.6 is 27.5 Å². The third-order valence-corrected chi connectivity index (χ3v) is 3.37. The van der Waals surface area contributed by atoms with Crippen molar-refractivity contribution in [2.45, 2.75) is 12.8 Å². The first-order valence-electron chi connectivity index (χ1n) is 6.00. The van der Waals surface area contributed by atoms with Gasteiger partial charge in [0.2, 0.25) is 0 Å². The molecule has 1 heterocycles. The van der Waals surface area contributed by atoms with E-state index in [2.05, 4.69) is 25.9 Å². The maximum Gasteiger partial charge on any atom is 0.341 e. The molecule has 0 amide bonds. The molecule has 4 nitrogen and oxygen atoms in total. The Bertz CT molecular complexity index is 617. The number of alkyl halides is 1. The average Bonchev–Trinajstić information content (AvgIpc) is 2.47. The maximum absolute atomic E-state index is 11.7. The van der Waals surface area contributed by atoms with Gasteiger partial charge in [-0.05, 0) is 19.1 Å². The Hall–Kier alpha value is -1.46. The number of esters is 1. The molecule has 1 aromatic heterocycles. The summed E-state index contributed by atoms with van der Waals surface area (Å²) in [4.78, 5) is 20.3. The molecular weight excluding hydrogens is 344 g/mol. The van der Waals surface area contributed by atoms with Gasteiger partial charge >= 0.3 is 5.97 Å².